The van der Waals surface area contributed by atoms with Crippen molar-refractivity contribution in [1.29, 1.82) is 0 Å². The molecule has 2 aromatic carbocycles. The molecule has 0 aliphatic carbocycles. The van der Waals surface area contributed by atoms with Gasteiger partial charge >= 0.3 is 0 Å². The van der Waals surface area contributed by atoms with Gasteiger partial charge in [0.2, 0.25) is 5.91 Å². The molecular weight excluding hydrogens is 258 g/mol. The summed E-state index contributed by atoms with van der Waals surface area (Å²) in [4.78, 5) is 12.7. The van der Waals surface area contributed by atoms with E-state index in [1.807, 2.05) is 54.6 Å². The van der Waals surface area contributed by atoms with E-state index in [1.54, 1.807) is 7.11 Å². The Balaban J connectivity index is 1.90. The number of benzene rings is 2. The number of amides is 1. The zero-order valence-electron chi connectivity index (χ0n) is 10.6. The summed E-state index contributed by atoms with van der Waals surface area (Å²) in [5, 5.41) is 0. The van der Waals surface area contributed by atoms with Crippen molar-refractivity contribution in [1.82, 2.24) is 4.72 Å². The molecule has 98 valence electrons. The normalized spacial score (nSPS) is 9.95. The van der Waals surface area contributed by atoms with Crippen LogP contribution in [0.1, 0.15) is 5.56 Å². The van der Waals surface area contributed by atoms with Crippen LogP contribution in [0.5, 0.6) is 5.75 Å². The molecular formula is C15H15NO2S. The predicted molar refractivity (Wildman–Crippen MR) is 77.1 cm³/mol. The number of methoxy groups -OCH3 is 1. The third-order valence-corrected chi connectivity index (χ3v) is 3.44. The molecule has 2 aromatic rings. The first-order valence-electron chi connectivity index (χ1n) is 5.92. The van der Waals surface area contributed by atoms with Gasteiger partial charge in [0.1, 0.15) is 5.75 Å². The molecule has 0 heterocycles. The molecule has 0 spiro atoms. The van der Waals surface area contributed by atoms with Gasteiger partial charge in [-0.05, 0) is 29.6 Å². The van der Waals surface area contributed by atoms with Gasteiger partial charge in [-0.15, -0.1) is 0 Å². The number of carbonyl (C=O) groups excluding carboxylic acids is 1. The molecule has 0 saturated heterocycles. The molecule has 0 unspecified atom stereocenters. The lowest BCUT2D eigenvalue weighted by Crippen LogP contribution is -2.17. The summed E-state index contributed by atoms with van der Waals surface area (Å²) >= 11 is 1.27. The number of rotatable bonds is 5. The van der Waals surface area contributed by atoms with E-state index >= 15 is 0 Å². The number of nitrogens with one attached hydrogen (secondary N) is 1. The second-order valence-electron chi connectivity index (χ2n) is 3.94. The van der Waals surface area contributed by atoms with Crippen LogP contribution in [0.4, 0.5) is 0 Å². The fourth-order valence-corrected chi connectivity index (χ4v) is 2.33. The number of para-hydroxylation sites is 1. The number of hydrogen-bond acceptors (Lipinski definition) is 3. The van der Waals surface area contributed by atoms with Crippen molar-refractivity contribution < 1.29 is 9.53 Å². The van der Waals surface area contributed by atoms with E-state index in [0.717, 1.165) is 16.2 Å². The van der Waals surface area contributed by atoms with E-state index in [2.05, 4.69) is 4.72 Å². The maximum Gasteiger partial charge on any atom is 0.234 e. The Morgan fingerprint density at radius 3 is 2.53 bits per heavy atom. The van der Waals surface area contributed by atoms with E-state index in [-0.39, 0.29) is 5.91 Å². The third kappa shape index (κ3) is 4.03. The summed E-state index contributed by atoms with van der Waals surface area (Å²) in [6.07, 6.45) is 0.378. The SMILES string of the molecule is COc1ccccc1SNC(=O)Cc1ccccc1. The first-order chi connectivity index (χ1) is 9.29. The van der Waals surface area contributed by atoms with Gasteiger partial charge in [0.15, 0.2) is 0 Å². The van der Waals surface area contributed by atoms with Crippen LogP contribution < -0.4 is 9.46 Å². The van der Waals surface area contributed by atoms with E-state index in [9.17, 15) is 4.79 Å². The summed E-state index contributed by atoms with van der Waals surface area (Å²) in [5.41, 5.74) is 1.00. The maximum atomic E-state index is 11.8. The van der Waals surface area contributed by atoms with E-state index in [1.165, 1.54) is 11.9 Å². The average molecular weight is 273 g/mol. The van der Waals surface area contributed by atoms with Crippen molar-refractivity contribution in [3.8, 4) is 5.75 Å². The van der Waals surface area contributed by atoms with Crippen LogP contribution >= 0.6 is 11.9 Å². The highest BCUT2D eigenvalue weighted by atomic mass is 32.2. The molecule has 0 fully saturated rings. The van der Waals surface area contributed by atoms with Crippen LogP contribution in [0.3, 0.4) is 0 Å². The molecule has 19 heavy (non-hydrogen) atoms. The molecule has 0 aliphatic heterocycles. The Bertz CT molecular complexity index is 543. The predicted octanol–water partition coefficient (Wildman–Crippen LogP) is 3.06. The van der Waals surface area contributed by atoms with Crippen LogP contribution in [0.25, 0.3) is 0 Å². The number of carbonyl (C=O) groups is 1. The minimum Gasteiger partial charge on any atom is -0.496 e. The van der Waals surface area contributed by atoms with Gasteiger partial charge in [-0.2, -0.15) is 0 Å². The molecule has 0 bridgehead atoms. The molecule has 3 nitrogen and oxygen atoms in total. The molecule has 0 radical (unpaired) electrons. The Morgan fingerprint density at radius 1 is 1.11 bits per heavy atom. The Labute approximate surface area is 117 Å². The highest BCUT2D eigenvalue weighted by molar-refractivity contribution is 7.98. The molecule has 4 heteroatoms. The zero-order chi connectivity index (χ0) is 13.5. The van der Waals surface area contributed by atoms with Crippen LogP contribution in [-0.2, 0) is 11.2 Å². The van der Waals surface area contributed by atoms with Gasteiger partial charge in [-0.3, -0.25) is 9.52 Å². The Morgan fingerprint density at radius 2 is 1.79 bits per heavy atom. The molecule has 0 saturated carbocycles. The standard InChI is InChI=1S/C15H15NO2S/c1-18-13-9-5-6-10-14(13)19-16-15(17)11-12-7-3-2-4-8-12/h2-10H,11H2,1H3,(H,16,17). The van der Waals surface area contributed by atoms with Crippen molar-refractivity contribution in [3.63, 3.8) is 0 Å². The van der Waals surface area contributed by atoms with E-state index in [0.29, 0.717) is 6.42 Å². The lowest BCUT2D eigenvalue weighted by atomic mass is 10.1. The second kappa shape index (κ2) is 6.85. The molecule has 0 aromatic heterocycles. The highest BCUT2D eigenvalue weighted by Gasteiger charge is 2.06. The Kier molecular flexibility index (Phi) is 4.86. The van der Waals surface area contributed by atoms with Crippen molar-refractivity contribution >= 4 is 17.9 Å². The van der Waals surface area contributed by atoms with Crippen molar-refractivity contribution in [2.24, 2.45) is 0 Å². The molecule has 1 amide bonds. The fourth-order valence-electron chi connectivity index (χ4n) is 1.63. The van der Waals surface area contributed by atoms with E-state index in [4.69, 9.17) is 4.74 Å². The maximum absolute atomic E-state index is 11.8. The minimum atomic E-state index is -0.0258. The molecule has 0 atom stereocenters. The quantitative estimate of drug-likeness (QED) is 0.851. The monoisotopic (exact) mass is 273 g/mol. The van der Waals surface area contributed by atoms with Crippen molar-refractivity contribution in [2.45, 2.75) is 11.3 Å². The summed E-state index contributed by atoms with van der Waals surface area (Å²) in [6.45, 7) is 0. The van der Waals surface area contributed by atoms with Crippen molar-refractivity contribution in [2.75, 3.05) is 7.11 Å². The van der Waals surface area contributed by atoms with Gasteiger partial charge < -0.3 is 4.74 Å². The summed E-state index contributed by atoms with van der Waals surface area (Å²) in [6, 6.07) is 17.2. The van der Waals surface area contributed by atoms with Gasteiger partial charge in [0, 0.05) is 0 Å². The Hall–Kier alpha value is -1.94. The summed E-state index contributed by atoms with van der Waals surface area (Å²) in [7, 11) is 1.62. The molecule has 2 rings (SSSR count). The second-order valence-corrected chi connectivity index (χ2v) is 4.79. The van der Waals surface area contributed by atoms with E-state index < -0.39 is 0 Å². The van der Waals surface area contributed by atoms with Gasteiger partial charge in [0.25, 0.3) is 0 Å². The molecule has 0 aliphatic rings. The lowest BCUT2D eigenvalue weighted by Gasteiger charge is -2.08. The third-order valence-electron chi connectivity index (χ3n) is 2.55. The van der Waals surface area contributed by atoms with Crippen LogP contribution in [-0.4, -0.2) is 13.0 Å². The topological polar surface area (TPSA) is 38.3 Å². The smallest absolute Gasteiger partial charge is 0.234 e. The lowest BCUT2D eigenvalue weighted by molar-refractivity contribution is -0.118. The van der Waals surface area contributed by atoms with Crippen LogP contribution in [0.15, 0.2) is 59.5 Å². The van der Waals surface area contributed by atoms with Gasteiger partial charge in [-0.25, -0.2) is 0 Å². The largest absolute Gasteiger partial charge is 0.496 e. The number of ether oxygens (including phenoxy) is 1. The minimum absolute atomic E-state index is 0.0258. The van der Waals surface area contributed by atoms with Gasteiger partial charge in [-0.1, -0.05) is 42.5 Å². The van der Waals surface area contributed by atoms with Crippen LogP contribution in [0.2, 0.25) is 0 Å². The summed E-state index contributed by atoms with van der Waals surface area (Å²) < 4.78 is 8.04. The van der Waals surface area contributed by atoms with Gasteiger partial charge in [0.05, 0.1) is 18.4 Å². The fraction of sp³-hybridized carbons (Fsp3) is 0.133. The number of hydrogen-bond donors (Lipinski definition) is 1. The first kappa shape index (κ1) is 13.5. The highest BCUT2D eigenvalue weighted by Crippen LogP contribution is 2.26. The summed E-state index contributed by atoms with van der Waals surface area (Å²) in [5.74, 6) is 0.731. The zero-order valence-corrected chi connectivity index (χ0v) is 11.4. The van der Waals surface area contributed by atoms with Crippen LogP contribution in [0, 0.1) is 0 Å². The first-order valence-corrected chi connectivity index (χ1v) is 6.74. The molecule has 1 N–H and O–H groups in total. The average Bonchev–Trinajstić information content (AvgIpc) is 2.46. The van der Waals surface area contributed by atoms with Crippen molar-refractivity contribution in [3.05, 3.63) is 60.2 Å².